The lowest BCUT2D eigenvalue weighted by Crippen LogP contribution is -2.02. The molecule has 2 heterocycles. The van der Waals surface area contributed by atoms with Crippen LogP contribution < -0.4 is 0 Å². The van der Waals surface area contributed by atoms with Gasteiger partial charge in [-0.05, 0) is 19.3 Å². The molecule has 3 heteroatoms. The maximum absolute atomic E-state index is 4.90. The van der Waals surface area contributed by atoms with Crippen molar-refractivity contribution < 1.29 is 8.67 Å². The van der Waals surface area contributed by atoms with Crippen molar-refractivity contribution >= 4 is 10.6 Å². The third-order valence-electron chi connectivity index (χ3n) is 1.53. The predicted octanol–water partition coefficient (Wildman–Crippen LogP) is 1.58. The molecule has 2 fully saturated rings. The van der Waals surface area contributed by atoms with E-state index in [0.717, 1.165) is 11.5 Å². The second-order valence-corrected chi connectivity index (χ2v) is 4.73. The minimum absolute atomic E-state index is 0.864. The molecule has 0 bridgehead atoms. The molecule has 0 atom stereocenters. The van der Waals surface area contributed by atoms with Crippen LogP contribution in [0.15, 0.2) is 0 Å². The zero-order chi connectivity index (χ0) is 5.45. The molecular weight excluding hydrogens is 124 g/mol. The summed E-state index contributed by atoms with van der Waals surface area (Å²) in [6, 6.07) is 0. The Morgan fingerprint density at radius 1 is 1.12 bits per heavy atom. The second-order valence-electron chi connectivity index (χ2n) is 2.15. The van der Waals surface area contributed by atoms with Gasteiger partial charge in [0.15, 0.2) is 0 Å². The normalized spacial score (nSPS) is 37.0. The average Bonchev–Trinajstić information content (AvgIpc) is 2.52. The molecule has 8 heavy (non-hydrogen) atoms. The molecule has 0 aliphatic carbocycles. The summed E-state index contributed by atoms with van der Waals surface area (Å²) in [6.45, 7) is 0. The van der Waals surface area contributed by atoms with E-state index in [1.54, 1.807) is 0 Å². The van der Waals surface area contributed by atoms with Crippen LogP contribution in [0.3, 0.4) is 0 Å². The molecule has 2 aliphatic rings. The molecule has 0 N–H and O–H groups in total. The Balaban J connectivity index is 1.95. The van der Waals surface area contributed by atoms with Gasteiger partial charge in [-0.2, -0.15) is 0 Å². The summed E-state index contributed by atoms with van der Waals surface area (Å²) in [5.41, 5.74) is 0. The summed E-state index contributed by atoms with van der Waals surface area (Å²) in [7, 11) is -0.864. The third kappa shape index (κ3) is 0.747. The fourth-order valence-corrected chi connectivity index (χ4v) is 2.79. The van der Waals surface area contributed by atoms with Crippen molar-refractivity contribution in [1.29, 1.82) is 0 Å². The van der Waals surface area contributed by atoms with Crippen molar-refractivity contribution in [3.05, 3.63) is 6.42 Å². The summed E-state index contributed by atoms with van der Waals surface area (Å²) in [4.78, 5) is 0. The van der Waals surface area contributed by atoms with Crippen molar-refractivity contribution in [2.45, 2.75) is 12.8 Å². The van der Waals surface area contributed by atoms with Crippen LogP contribution in [0, 0.1) is 6.42 Å². The number of rotatable bonds is 0. The Bertz CT molecular complexity index is 92.6. The fraction of sp³-hybridized carbons (Fsp3) is 0.800. The van der Waals surface area contributed by atoms with Crippen molar-refractivity contribution in [3.63, 3.8) is 0 Å². The maximum atomic E-state index is 4.90. The van der Waals surface area contributed by atoms with E-state index < -0.39 is 10.6 Å². The lowest BCUT2D eigenvalue weighted by Gasteiger charge is -2.19. The van der Waals surface area contributed by atoms with Crippen LogP contribution in [0.25, 0.3) is 0 Å². The molecule has 2 saturated heterocycles. The zero-order valence-electron chi connectivity index (χ0n) is 4.63. The molecule has 0 unspecified atom stereocenters. The van der Waals surface area contributed by atoms with Gasteiger partial charge in [-0.3, -0.25) is 0 Å². The summed E-state index contributed by atoms with van der Waals surface area (Å²) in [5, 5.41) is 0. The van der Waals surface area contributed by atoms with Crippen LogP contribution in [-0.4, -0.2) is 11.5 Å². The number of hydrogen-bond acceptors (Lipinski definition) is 2. The fourth-order valence-electron chi connectivity index (χ4n) is 0.948. The highest BCUT2D eigenvalue weighted by molar-refractivity contribution is 8.29. The van der Waals surface area contributed by atoms with Gasteiger partial charge in [0.1, 0.15) is 0 Å². The molecule has 2 nitrogen and oxygen atoms in total. The first-order chi connectivity index (χ1) is 3.91. The Kier molecular flexibility index (Phi) is 1.03. The maximum Gasteiger partial charge on any atom is 0.0441 e. The van der Waals surface area contributed by atoms with Gasteiger partial charge in [0.25, 0.3) is 0 Å². The highest BCUT2D eigenvalue weighted by Crippen LogP contribution is 2.67. The summed E-state index contributed by atoms with van der Waals surface area (Å²) in [6.07, 6.45) is 4.69. The first kappa shape index (κ1) is 5.09. The van der Waals surface area contributed by atoms with Gasteiger partial charge in [0.2, 0.25) is 0 Å². The van der Waals surface area contributed by atoms with Gasteiger partial charge in [-0.15, -0.1) is 19.3 Å². The monoisotopic (exact) mass is 133 g/mol. The van der Waals surface area contributed by atoms with Crippen molar-refractivity contribution in [1.82, 2.24) is 0 Å². The van der Waals surface area contributed by atoms with Gasteiger partial charge < -0.3 is 0 Å². The molecule has 2 aliphatic heterocycles. The third-order valence-corrected chi connectivity index (χ3v) is 3.76. The molecule has 1 spiro atoms. The van der Waals surface area contributed by atoms with E-state index in [-0.39, 0.29) is 0 Å². The van der Waals surface area contributed by atoms with E-state index in [9.17, 15) is 0 Å². The van der Waals surface area contributed by atoms with Crippen molar-refractivity contribution in [2.75, 3.05) is 11.5 Å². The molecule has 47 valence electrons. The Labute approximate surface area is 50.8 Å². The zero-order valence-corrected chi connectivity index (χ0v) is 5.45. The van der Waals surface area contributed by atoms with Crippen LogP contribution in [-0.2, 0) is 8.67 Å². The molecule has 2 rings (SSSR count). The van der Waals surface area contributed by atoms with Crippen molar-refractivity contribution in [3.8, 4) is 0 Å². The van der Waals surface area contributed by atoms with Gasteiger partial charge >= 0.3 is 0 Å². The van der Waals surface area contributed by atoms with Gasteiger partial charge in [-0.25, -0.2) is 0 Å². The Morgan fingerprint density at radius 3 is 2.12 bits per heavy atom. The Morgan fingerprint density at radius 2 is 1.75 bits per heavy atom. The second kappa shape index (κ2) is 1.62. The smallest absolute Gasteiger partial charge is 0.0441 e. The van der Waals surface area contributed by atoms with Crippen LogP contribution >= 0.6 is 10.6 Å². The lowest BCUT2D eigenvalue weighted by molar-refractivity contribution is 0.0850. The van der Waals surface area contributed by atoms with Crippen molar-refractivity contribution in [2.24, 2.45) is 0 Å². The molecule has 0 aromatic carbocycles. The molecule has 0 amide bonds. The van der Waals surface area contributed by atoms with Gasteiger partial charge in [-0.1, -0.05) is 0 Å². The summed E-state index contributed by atoms with van der Waals surface area (Å²) < 4.78 is 9.80. The van der Waals surface area contributed by atoms with E-state index >= 15 is 0 Å². The van der Waals surface area contributed by atoms with Crippen LogP contribution in [0.5, 0.6) is 0 Å². The summed E-state index contributed by atoms with van der Waals surface area (Å²) in [5.74, 6) is 2.29. The SMILES string of the molecule is [CH]1CCS2(CC1)OO2. The molecule has 1 radical (unpaired) electrons. The van der Waals surface area contributed by atoms with E-state index in [1.165, 1.54) is 12.8 Å². The number of hydrogen-bond donors (Lipinski definition) is 0. The largest absolute Gasteiger partial charge is 0.127 e. The van der Waals surface area contributed by atoms with Crippen LogP contribution in [0.1, 0.15) is 12.8 Å². The minimum Gasteiger partial charge on any atom is -0.127 e. The van der Waals surface area contributed by atoms with E-state index in [4.69, 9.17) is 8.67 Å². The average molecular weight is 133 g/mol. The molecule has 0 saturated carbocycles. The van der Waals surface area contributed by atoms with E-state index in [0.29, 0.717) is 0 Å². The Hall–Kier alpha value is 0.270. The van der Waals surface area contributed by atoms with E-state index in [2.05, 4.69) is 6.42 Å². The van der Waals surface area contributed by atoms with Gasteiger partial charge in [0, 0.05) is 11.5 Å². The molecule has 0 aromatic rings. The molecule has 0 aromatic heterocycles. The lowest BCUT2D eigenvalue weighted by atomic mass is 10.3. The first-order valence-electron chi connectivity index (χ1n) is 2.89. The highest BCUT2D eigenvalue weighted by Gasteiger charge is 2.39. The quantitative estimate of drug-likeness (QED) is 0.370. The van der Waals surface area contributed by atoms with Crippen LogP contribution in [0.2, 0.25) is 0 Å². The van der Waals surface area contributed by atoms with Gasteiger partial charge in [0.05, 0.1) is 0 Å². The van der Waals surface area contributed by atoms with E-state index in [1.807, 2.05) is 0 Å². The first-order valence-corrected chi connectivity index (χ1v) is 4.72. The minimum atomic E-state index is -0.864. The van der Waals surface area contributed by atoms with Crippen LogP contribution in [0.4, 0.5) is 0 Å². The standard InChI is InChI=1S/C5H9O2S/c1-2-4-8(5-3-1)6-7-8/h1H,2-5H2. The predicted molar refractivity (Wildman–Crippen MR) is 33.0 cm³/mol. The molecular formula is C5H9O2S. The topological polar surface area (TPSA) is 25.1 Å². The summed E-state index contributed by atoms with van der Waals surface area (Å²) >= 11 is 0. The highest BCUT2D eigenvalue weighted by atomic mass is 32.3.